The zero-order valence-corrected chi connectivity index (χ0v) is 15.8. The number of rotatable bonds is 6. The Labute approximate surface area is 163 Å². The molecule has 1 aliphatic rings. The Morgan fingerprint density at radius 2 is 2.14 bits per heavy atom. The number of carbonyl (C=O) groups is 1. The molecule has 1 aromatic heterocycles. The fourth-order valence-electron chi connectivity index (χ4n) is 3.25. The van der Waals surface area contributed by atoms with E-state index in [1.54, 1.807) is 0 Å². The number of nitrogens with one attached hydrogen (secondary N) is 3. The molecule has 7 heteroatoms. The number of benzene rings is 2. The van der Waals surface area contributed by atoms with E-state index in [-0.39, 0.29) is 12.1 Å². The highest BCUT2D eigenvalue weighted by atomic mass is 16.5. The van der Waals surface area contributed by atoms with Gasteiger partial charge in [0.25, 0.3) is 0 Å². The van der Waals surface area contributed by atoms with Gasteiger partial charge in [0.2, 0.25) is 0 Å². The number of nitrogens with zero attached hydrogens (tertiary/aromatic N) is 1. The lowest BCUT2D eigenvalue weighted by Gasteiger charge is -2.12. The number of hydrogen-bond donors (Lipinski definition) is 3. The third-order valence-corrected chi connectivity index (χ3v) is 4.69. The van der Waals surface area contributed by atoms with E-state index >= 15 is 0 Å². The van der Waals surface area contributed by atoms with E-state index in [9.17, 15) is 4.79 Å². The van der Waals surface area contributed by atoms with E-state index < -0.39 is 0 Å². The Hall–Kier alpha value is -3.06. The van der Waals surface area contributed by atoms with Crippen LogP contribution in [0.5, 0.6) is 5.75 Å². The van der Waals surface area contributed by atoms with Crippen molar-refractivity contribution in [2.45, 2.75) is 32.4 Å². The quantitative estimate of drug-likeness (QED) is 0.608. The van der Waals surface area contributed by atoms with Gasteiger partial charge in [0.1, 0.15) is 18.2 Å². The number of aryl methyl sites for hydroxylation is 1. The van der Waals surface area contributed by atoms with Gasteiger partial charge >= 0.3 is 6.03 Å². The zero-order valence-electron chi connectivity index (χ0n) is 15.8. The first-order valence-corrected chi connectivity index (χ1v) is 9.50. The summed E-state index contributed by atoms with van der Waals surface area (Å²) in [7, 11) is 0. The van der Waals surface area contributed by atoms with Crippen LogP contribution in [0.1, 0.15) is 24.2 Å². The number of carbonyl (C=O) groups excluding carboxylic acids is 1. The summed E-state index contributed by atoms with van der Waals surface area (Å²) in [5.74, 6) is 1.64. The van der Waals surface area contributed by atoms with Crippen molar-refractivity contribution in [2.75, 3.05) is 18.5 Å². The van der Waals surface area contributed by atoms with Crippen LogP contribution < -0.4 is 15.4 Å². The average Bonchev–Trinajstić information content (AvgIpc) is 3.34. The Morgan fingerprint density at radius 3 is 2.93 bits per heavy atom. The number of amides is 2. The molecular formula is C21H24N4O3. The van der Waals surface area contributed by atoms with Crippen LogP contribution in [-0.4, -0.2) is 35.3 Å². The summed E-state index contributed by atoms with van der Waals surface area (Å²) in [6.07, 6.45) is 2.34. The molecule has 1 aliphatic heterocycles. The molecule has 2 heterocycles. The fraction of sp³-hybridized carbons (Fsp3) is 0.333. The lowest BCUT2D eigenvalue weighted by Crippen LogP contribution is -2.28. The highest BCUT2D eigenvalue weighted by Gasteiger charge is 2.15. The minimum absolute atomic E-state index is 0.188. The lowest BCUT2D eigenvalue weighted by atomic mass is 10.2. The molecule has 1 fully saturated rings. The number of aromatic nitrogens is 2. The maximum absolute atomic E-state index is 12.1. The van der Waals surface area contributed by atoms with E-state index in [0.29, 0.717) is 18.8 Å². The molecular weight excluding hydrogens is 356 g/mol. The van der Waals surface area contributed by atoms with E-state index in [4.69, 9.17) is 9.47 Å². The van der Waals surface area contributed by atoms with Crippen LogP contribution in [0.15, 0.2) is 42.5 Å². The maximum Gasteiger partial charge on any atom is 0.319 e. The van der Waals surface area contributed by atoms with Gasteiger partial charge in [-0.1, -0.05) is 6.07 Å². The number of aromatic amines is 1. The molecule has 2 amide bonds. The first-order valence-electron chi connectivity index (χ1n) is 9.50. The normalized spacial score (nSPS) is 16.2. The highest BCUT2D eigenvalue weighted by Crippen LogP contribution is 2.18. The molecule has 2 aromatic carbocycles. The van der Waals surface area contributed by atoms with E-state index in [1.807, 2.05) is 49.4 Å². The molecule has 0 aliphatic carbocycles. The van der Waals surface area contributed by atoms with E-state index in [2.05, 4.69) is 20.6 Å². The number of H-pyrrole nitrogens is 1. The number of imidazole rings is 1. The minimum atomic E-state index is -0.256. The molecule has 0 spiro atoms. The molecule has 0 unspecified atom stereocenters. The molecule has 7 nitrogen and oxygen atoms in total. The van der Waals surface area contributed by atoms with Crippen molar-refractivity contribution in [3.8, 4) is 5.75 Å². The molecule has 1 saturated heterocycles. The second-order valence-electron chi connectivity index (χ2n) is 6.95. The minimum Gasteiger partial charge on any atom is -0.491 e. The molecule has 146 valence electrons. The fourth-order valence-corrected chi connectivity index (χ4v) is 3.25. The summed E-state index contributed by atoms with van der Waals surface area (Å²) < 4.78 is 11.3. The largest absolute Gasteiger partial charge is 0.491 e. The second-order valence-corrected chi connectivity index (χ2v) is 6.95. The van der Waals surface area contributed by atoms with Gasteiger partial charge in [0.15, 0.2) is 0 Å². The van der Waals surface area contributed by atoms with Crippen LogP contribution in [-0.2, 0) is 11.3 Å². The van der Waals surface area contributed by atoms with Crippen molar-refractivity contribution in [2.24, 2.45) is 0 Å². The number of hydrogen-bond acceptors (Lipinski definition) is 4. The van der Waals surface area contributed by atoms with Gasteiger partial charge in [-0.3, -0.25) is 0 Å². The monoisotopic (exact) mass is 380 g/mol. The first-order chi connectivity index (χ1) is 13.7. The third kappa shape index (κ3) is 4.61. The Kier molecular flexibility index (Phi) is 5.43. The molecule has 1 atom stereocenters. The van der Waals surface area contributed by atoms with Crippen molar-refractivity contribution < 1.29 is 14.3 Å². The summed E-state index contributed by atoms with van der Waals surface area (Å²) in [6.45, 7) is 3.74. The van der Waals surface area contributed by atoms with Crippen molar-refractivity contribution in [1.29, 1.82) is 0 Å². The van der Waals surface area contributed by atoms with E-state index in [0.717, 1.165) is 47.6 Å². The first kappa shape index (κ1) is 18.3. The van der Waals surface area contributed by atoms with Crippen LogP contribution in [0.4, 0.5) is 10.5 Å². The lowest BCUT2D eigenvalue weighted by molar-refractivity contribution is 0.0679. The highest BCUT2D eigenvalue weighted by molar-refractivity contribution is 5.89. The van der Waals surface area contributed by atoms with E-state index in [1.165, 1.54) is 0 Å². The predicted molar refractivity (Wildman–Crippen MR) is 108 cm³/mol. The van der Waals surface area contributed by atoms with Crippen molar-refractivity contribution >= 4 is 22.8 Å². The van der Waals surface area contributed by atoms with Gasteiger partial charge in [-0.2, -0.15) is 0 Å². The Balaban J connectivity index is 1.25. The number of anilines is 1. The van der Waals surface area contributed by atoms with Gasteiger partial charge in [0, 0.05) is 18.8 Å². The SMILES string of the molecule is Cc1nc2ccc(CNC(=O)Nc3ccc(OC[C@H]4CCCO4)cc3)cc2[nH]1. The average molecular weight is 380 g/mol. The van der Waals surface area contributed by atoms with Crippen LogP contribution in [0.2, 0.25) is 0 Å². The maximum atomic E-state index is 12.1. The summed E-state index contributed by atoms with van der Waals surface area (Å²) >= 11 is 0. The summed E-state index contributed by atoms with van der Waals surface area (Å²) in [4.78, 5) is 19.7. The zero-order chi connectivity index (χ0) is 19.3. The summed E-state index contributed by atoms with van der Waals surface area (Å²) in [6, 6.07) is 13.0. The van der Waals surface area contributed by atoms with Crippen molar-refractivity contribution in [3.05, 3.63) is 53.9 Å². The van der Waals surface area contributed by atoms with Gasteiger partial charge in [0.05, 0.1) is 17.1 Å². The molecule has 0 saturated carbocycles. The van der Waals surface area contributed by atoms with Gasteiger partial charge < -0.3 is 25.1 Å². The molecule has 3 aromatic rings. The van der Waals surface area contributed by atoms with Crippen LogP contribution in [0, 0.1) is 6.92 Å². The van der Waals surface area contributed by atoms with Gasteiger partial charge in [-0.15, -0.1) is 0 Å². The Bertz CT molecular complexity index is 946. The third-order valence-electron chi connectivity index (χ3n) is 4.69. The van der Waals surface area contributed by atoms with Crippen LogP contribution in [0.3, 0.4) is 0 Å². The smallest absolute Gasteiger partial charge is 0.319 e. The molecule has 0 radical (unpaired) electrons. The number of fused-ring (bicyclic) bond motifs is 1. The van der Waals surface area contributed by atoms with Gasteiger partial charge in [-0.05, 0) is 61.7 Å². The van der Waals surface area contributed by atoms with Crippen molar-refractivity contribution in [1.82, 2.24) is 15.3 Å². The molecule has 3 N–H and O–H groups in total. The van der Waals surface area contributed by atoms with Crippen LogP contribution >= 0.6 is 0 Å². The van der Waals surface area contributed by atoms with Crippen molar-refractivity contribution in [3.63, 3.8) is 0 Å². The topological polar surface area (TPSA) is 88.3 Å². The predicted octanol–water partition coefficient (Wildman–Crippen LogP) is 3.75. The standard InChI is InChI=1S/C21H24N4O3/c1-14-23-19-9-4-15(11-20(19)24-14)12-22-21(26)25-16-5-7-17(8-6-16)28-13-18-3-2-10-27-18/h4-9,11,18H,2-3,10,12-13H2,1H3,(H,23,24)(H2,22,25,26)/t18-/m1/s1. The van der Waals surface area contributed by atoms with Gasteiger partial charge in [-0.25, -0.2) is 9.78 Å². The number of urea groups is 1. The summed E-state index contributed by atoms with van der Waals surface area (Å²) in [5.41, 5.74) is 3.61. The second kappa shape index (κ2) is 8.31. The summed E-state index contributed by atoms with van der Waals surface area (Å²) in [5, 5.41) is 5.69. The number of ether oxygens (including phenoxy) is 2. The molecule has 4 rings (SSSR count). The Morgan fingerprint density at radius 1 is 1.29 bits per heavy atom. The molecule has 28 heavy (non-hydrogen) atoms. The molecule has 0 bridgehead atoms. The van der Waals surface area contributed by atoms with Crippen LogP contribution in [0.25, 0.3) is 11.0 Å².